The lowest BCUT2D eigenvalue weighted by atomic mass is 9.96. The Morgan fingerprint density at radius 2 is 2.39 bits per heavy atom. The van der Waals surface area contributed by atoms with Crippen LogP contribution in [0.1, 0.15) is 24.2 Å². The first-order chi connectivity index (χ1) is 8.75. The molecule has 5 heteroatoms. The summed E-state index contributed by atoms with van der Waals surface area (Å²) < 4.78 is 7.41. The lowest BCUT2D eigenvalue weighted by molar-refractivity contribution is -0.118. The molecule has 18 heavy (non-hydrogen) atoms. The third kappa shape index (κ3) is 1.81. The Hall–Kier alpha value is -2.04. The smallest absolute Gasteiger partial charge is 0.217 e. The number of nitrogens with zero attached hydrogens (tertiary/aromatic N) is 2. The molecule has 1 aliphatic carbocycles. The number of amides is 1. The van der Waals surface area contributed by atoms with Gasteiger partial charge in [0, 0.05) is 24.9 Å². The van der Waals surface area contributed by atoms with Crippen molar-refractivity contribution in [2.75, 3.05) is 0 Å². The fourth-order valence-corrected chi connectivity index (χ4v) is 2.49. The van der Waals surface area contributed by atoms with Crippen molar-refractivity contribution in [2.24, 2.45) is 5.73 Å². The maximum absolute atomic E-state index is 10.8. The number of hydrogen-bond acceptors (Lipinski definition) is 3. The lowest BCUT2D eigenvalue weighted by Crippen LogP contribution is -2.13. The fourth-order valence-electron chi connectivity index (χ4n) is 2.49. The maximum atomic E-state index is 10.8. The number of furan rings is 1. The topological polar surface area (TPSA) is 74.1 Å². The van der Waals surface area contributed by atoms with E-state index in [4.69, 9.17) is 10.2 Å². The highest BCUT2D eigenvalue weighted by molar-refractivity contribution is 5.73. The zero-order valence-corrected chi connectivity index (χ0v) is 10.1. The van der Waals surface area contributed by atoms with Gasteiger partial charge in [0.1, 0.15) is 5.76 Å². The summed E-state index contributed by atoms with van der Waals surface area (Å²) in [7, 11) is 0. The molecule has 0 bridgehead atoms. The molecule has 0 spiro atoms. The van der Waals surface area contributed by atoms with Gasteiger partial charge in [-0.1, -0.05) is 0 Å². The van der Waals surface area contributed by atoms with Gasteiger partial charge in [-0.05, 0) is 24.5 Å². The zero-order valence-electron chi connectivity index (χ0n) is 10.1. The number of hydrogen-bond donors (Lipinski definition) is 1. The third-order valence-corrected chi connectivity index (χ3v) is 3.33. The van der Waals surface area contributed by atoms with Crippen molar-refractivity contribution in [2.45, 2.75) is 32.2 Å². The number of nitrogens with two attached hydrogens (primary N) is 1. The van der Waals surface area contributed by atoms with E-state index in [0.29, 0.717) is 13.0 Å². The van der Waals surface area contributed by atoms with Crippen molar-refractivity contribution >= 4 is 5.91 Å². The number of fused-ring (bicyclic) bond motifs is 3. The first-order valence-corrected chi connectivity index (χ1v) is 6.15. The van der Waals surface area contributed by atoms with Crippen LogP contribution in [0.3, 0.4) is 0 Å². The Morgan fingerprint density at radius 3 is 3.22 bits per heavy atom. The van der Waals surface area contributed by atoms with Crippen LogP contribution >= 0.6 is 0 Å². The van der Waals surface area contributed by atoms with Crippen LogP contribution in [0.2, 0.25) is 0 Å². The Labute approximate surface area is 105 Å². The molecule has 1 aliphatic rings. The summed E-state index contributed by atoms with van der Waals surface area (Å²) in [4.78, 5) is 10.8. The second-order valence-electron chi connectivity index (χ2n) is 4.57. The number of carbonyl (C=O) groups is 1. The van der Waals surface area contributed by atoms with E-state index >= 15 is 0 Å². The van der Waals surface area contributed by atoms with Gasteiger partial charge in [0.2, 0.25) is 5.91 Å². The van der Waals surface area contributed by atoms with Crippen molar-refractivity contribution in [3.63, 3.8) is 0 Å². The van der Waals surface area contributed by atoms with Gasteiger partial charge in [0.25, 0.3) is 0 Å². The molecule has 94 valence electrons. The van der Waals surface area contributed by atoms with Crippen molar-refractivity contribution in [1.29, 1.82) is 0 Å². The minimum atomic E-state index is -0.264. The van der Waals surface area contributed by atoms with Gasteiger partial charge < -0.3 is 10.2 Å². The summed E-state index contributed by atoms with van der Waals surface area (Å²) in [5.41, 5.74) is 8.66. The van der Waals surface area contributed by atoms with Crippen molar-refractivity contribution in [3.8, 4) is 11.3 Å². The SMILES string of the molecule is NC(=O)CCCn1ncc2c1-c1ccoc1CC2. The van der Waals surface area contributed by atoms with Gasteiger partial charge in [-0.3, -0.25) is 9.48 Å². The highest BCUT2D eigenvalue weighted by Crippen LogP contribution is 2.34. The zero-order chi connectivity index (χ0) is 12.5. The molecule has 2 aromatic heterocycles. The van der Waals surface area contributed by atoms with Crippen LogP contribution < -0.4 is 5.73 Å². The van der Waals surface area contributed by atoms with E-state index in [1.54, 1.807) is 6.26 Å². The molecule has 0 radical (unpaired) electrons. The molecule has 0 saturated carbocycles. The van der Waals surface area contributed by atoms with Crippen LogP contribution in [0.25, 0.3) is 11.3 Å². The second-order valence-corrected chi connectivity index (χ2v) is 4.57. The van der Waals surface area contributed by atoms with Gasteiger partial charge in [0.05, 0.1) is 18.2 Å². The number of aromatic nitrogens is 2. The van der Waals surface area contributed by atoms with E-state index in [9.17, 15) is 4.79 Å². The average Bonchev–Trinajstić information content (AvgIpc) is 2.93. The second kappa shape index (κ2) is 4.33. The summed E-state index contributed by atoms with van der Waals surface area (Å²) in [6.07, 6.45) is 6.65. The van der Waals surface area contributed by atoms with Gasteiger partial charge >= 0.3 is 0 Å². The van der Waals surface area contributed by atoms with E-state index in [1.807, 2.05) is 16.9 Å². The molecule has 1 amide bonds. The van der Waals surface area contributed by atoms with Crippen LogP contribution in [-0.4, -0.2) is 15.7 Å². The molecular weight excluding hydrogens is 230 g/mol. The Bertz CT molecular complexity index is 583. The molecule has 0 aromatic carbocycles. The van der Waals surface area contributed by atoms with Crippen LogP contribution in [-0.2, 0) is 24.2 Å². The summed E-state index contributed by atoms with van der Waals surface area (Å²) in [6, 6.07) is 1.99. The molecule has 2 heterocycles. The Morgan fingerprint density at radius 1 is 1.50 bits per heavy atom. The Balaban J connectivity index is 1.86. The van der Waals surface area contributed by atoms with Crippen molar-refractivity contribution in [1.82, 2.24) is 9.78 Å². The number of carbonyl (C=O) groups excluding carboxylic acids is 1. The highest BCUT2D eigenvalue weighted by Gasteiger charge is 2.22. The molecule has 2 aromatic rings. The third-order valence-electron chi connectivity index (χ3n) is 3.33. The quantitative estimate of drug-likeness (QED) is 0.887. The molecule has 0 aliphatic heterocycles. The van der Waals surface area contributed by atoms with Crippen molar-refractivity contribution < 1.29 is 9.21 Å². The van der Waals surface area contributed by atoms with Crippen molar-refractivity contribution in [3.05, 3.63) is 29.9 Å². The molecule has 0 atom stereocenters. The molecular formula is C13H15N3O2. The van der Waals surface area contributed by atoms with Crippen LogP contribution in [0.15, 0.2) is 22.9 Å². The largest absolute Gasteiger partial charge is 0.469 e. The maximum Gasteiger partial charge on any atom is 0.217 e. The number of aryl methyl sites for hydroxylation is 3. The van der Waals surface area contributed by atoms with E-state index in [2.05, 4.69) is 5.10 Å². The first-order valence-electron chi connectivity index (χ1n) is 6.15. The molecule has 0 fully saturated rings. The van der Waals surface area contributed by atoms with Gasteiger partial charge in [-0.25, -0.2) is 0 Å². The first kappa shape index (κ1) is 11.1. The van der Waals surface area contributed by atoms with E-state index in [0.717, 1.165) is 36.3 Å². The standard InChI is InChI=1S/C13H15N3O2/c14-12(17)2-1-6-16-13-9(8-15-16)3-4-11-10(13)5-7-18-11/h5,7-8H,1-4,6H2,(H2,14,17). The number of rotatable bonds is 4. The summed E-state index contributed by atoms with van der Waals surface area (Å²) >= 11 is 0. The lowest BCUT2D eigenvalue weighted by Gasteiger charge is -2.13. The highest BCUT2D eigenvalue weighted by atomic mass is 16.3. The normalized spacial score (nSPS) is 13.1. The predicted molar refractivity (Wildman–Crippen MR) is 65.8 cm³/mol. The minimum Gasteiger partial charge on any atom is -0.469 e. The average molecular weight is 245 g/mol. The van der Waals surface area contributed by atoms with E-state index in [1.165, 1.54) is 5.56 Å². The fraction of sp³-hybridized carbons (Fsp3) is 0.385. The van der Waals surface area contributed by atoms with Crippen LogP contribution in [0.4, 0.5) is 0 Å². The van der Waals surface area contributed by atoms with Gasteiger partial charge in [0.15, 0.2) is 0 Å². The molecule has 0 unspecified atom stereocenters. The van der Waals surface area contributed by atoms with Crippen LogP contribution in [0.5, 0.6) is 0 Å². The Kier molecular flexibility index (Phi) is 2.66. The summed E-state index contributed by atoms with van der Waals surface area (Å²) in [5.74, 6) is 0.763. The number of primary amides is 1. The van der Waals surface area contributed by atoms with E-state index < -0.39 is 0 Å². The van der Waals surface area contributed by atoms with Gasteiger partial charge in [-0.2, -0.15) is 5.10 Å². The summed E-state index contributed by atoms with van der Waals surface area (Å²) in [6.45, 7) is 0.711. The van der Waals surface area contributed by atoms with Crippen LogP contribution in [0, 0.1) is 0 Å². The predicted octanol–water partition coefficient (Wildman–Crippen LogP) is 1.51. The molecule has 2 N–H and O–H groups in total. The monoisotopic (exact) mass is 245 g/mol. The molecule has 0 saturated heterocycles. The van der Waals surface area contributed by atoms with Gasteiger partial charge in [-0.15, -0.1) is 0 Å². The van der Waals surface area contributed by atoms with E-state index in [-0.39, 0.29) is 5.91 Å². The minimum absolute atomic E-state index is 0.264. The molecule has 5 nitrogen and oxygen atoms in total. The summed E-state index contributed by atoms with van der Waals surface area (Å²) in [5, 5.41) is 4.40. The molecule has 3 rings (SSSR count).